The predicted octanol–water partition coefficient (Wildman–Crippen LogP) is 1.37. The number of amides is 1. The Balaban J connectivity index is 3.88. The van der Waals surface area contributed by atoms with Crippen molar-refractivity contribution < 1.29 is 19.4 Å². The van der Waals surface area contributed by atoms with Crippen molar-refractivity contribution in [2.45, 2.75) is 71.4 Å². The predicted molar refractivity (Wildman–Crippen MR) is 86.5 cm³/mol. The summed E-state index contributed by atoms with van der Waals surface area (Å²) in [7, 11) is 0. The smallest absolute Gasteiger partial charge is 0.305 e. The number of carbonyl (C=O) groups is 2. The van der Waals surface area contributed by atoms with E-state index in [1.54, 1.807) is 0 Å². The second-order valence-electron chi connectivity index (χ2n) is 6.23. The van der Waals surface area contributed by atoms with Crippen molar-refractivity contribution in [2.24, 2.45) is 0 Å². The largest absolute Gasteiger partial charge is 0.463 e. The van der Waals surface area contributed by atoms with Crippen molar-refractivity contribution >= 4 is 11.9 Å². The van der Waals surface area contributed by atoms with Crippen LogP contribution in [0.4, 0.5) is 0 Å². The summed E-state index contributed by atoms with van der Waals surface area (Å²) in [5.41, 5.74) is -0.337. The van der Waals surface area contributed by atoms with Crippen LogP contribution in [-0.4, -0.2) is 48.3 Å². The number of β-amino-alcohol motifs (C(OH)–C–C–N with tert-alkyl or cyclic N) is 1. The maximum atomic E-state index is 11.4. The van der Waals surface area contributed by atoms with E-state index >= 15 is 0 Å². The highest BCUT2D eigenvalue weighted by Crippen LogP contribution is 2.02. The second-order valence-corrected chi connectivity index (χ2v) is 6.23. The fraction of sp³-hybridized carbons (Fsp3) is 0.875. The summed E-state index contributed by atoms with van der Waals surface area (Å²) >= 11 is 0. The van der Waals surface area contributed by atoms with Crippen LogP contribution in [0.5, 0.6) is 0 Å². The van der Waals surface area contributed by atoms with Crippen molar-refractivity contribution in [2.75, 3.05) is 19.7 Å². The Kier molecular flexibility index (Phi) is 10.8. The fourth-order valence-corrected chi connectivity index (χ4v) is 1.73. The molecule has 130 valence electrons. The van der Waals surface area contributed by atoms with Gasteiger partial charge in [0.25, 0.3) is 0 Å². The summed E-state index contributed by atoms with van der Waals surface area (Å²) in [6.45, 7) is 8.63. The number of aliphatic hydroxyl groups excluding tert-OH is 1. The van der Waals surface area contributed by atoms with Crippen molar-refractivity contribution in [3.8, 4) is 0 Å². The SMILES string of the molecule is CCCCC(=O)OCC(O)CNC(C)(C)CNC(=O)CCC. The van der Waals surface area contributed by atoms with Gasteiger partial charge in [-0.25, -0.2) is 0 Å². The minimum absolute atomic E-state index is 0.00613. The third kappa shape index (κ3) is 11.5. The number of unbranched alkanes of at least 4 members (excludes halogenated alkanes) is 1. The number of carbonyl (C=O) groups excluding carboxylic acids is 2. The number of hydrogen-bond acceptors (Lipinski definition) is 5. The minimum atomic E-state index is -0.754. The average molecular weight is 316 g/mol. The highest BCUT2D eigenvalue weighted by Gasteiger charge is 2.19. The molecule has 0 heterocycles. The first kappa shape index (κ1) is 20.9. The van der Waals surface area contributed by atoms with Gasteiger partial charge in [-0.15, -0.1) is 0 Å². The molecule has 3 N–H and O–H groups in total. The molecule has 0 aromatic heterocycles. The molecule has 6 heteroatoms. The summed E-state index contributed by atoms with van der Waals surface area (Å²) in [6.07, 6.45) is 2.73. The van der Waals surface area contributed by atoms with Gasteiger partial charge in [-0.3, -0.25) is 9.59 Å². The quantitative estimate of drug-likeness (QED) is 0.473. The van der Waals surface area contributed by atoms with E-state index < -0.39 is 6.10 Å². The highest BCUT2D eigenvalue weighted by molar-refractivity contribution is 5.75. The van der Waals surface area contributed by atoms with E-state index in [9.17, 15) is 14.7 Å². The number of esters is 1. The standard InChI is InChI=1S/C16H32N2O4/c1-5-7-9-15(21)22-11-13(19)10-18-16(3,4)12-17-14(20)8-6-2/h13,18-19H,5-12H2,1-4H3,(H,17,20). The molecule has 22 heavy (non-hydrogen) atoms. The summed E-state index contributed by atoms with van der Waals surface area (Å²) < 4.78 is 5.00. The molecule has 0 fully saturated rings. The summed E-state index contributed by atoms with van der Waals surface area (Å²) in [5.74, 6) is -0.241. The van der Waals surface area contributed by atoms with E-state index in [-0.39, 0.29) is 24.0 Å². The van der Waals surface area contributed by atoms with E-state index in [0.717, 1.165) is 19.3 Å². The molecule has 0 radical (unpaired) electrons. The molecular weight excluding hydrogens is 284 g/mol. The average Bonchev–Trinajstić information content (AvgIpc) is 2.47. The molecule has 0 saturated heterocycles. The minimum Gasteiger partial charge on any atom is -0.463 e. The Bertz CT molecular complexity index is 332. The molecule has 0 rings (SSSR count). The monoisotopic (exact) mass is 316 g/mol. The van der Waals surface area contributed by atoms with Crippen LogP contribution in [0.3, 0.4) is 0 Å². The van der Waals surface area contributed by atoms with Gasteiger partial charge >= 0.3 is 5.97 Å². The van der Waals surface area contributed by atoms with E-state index in [1.165, 1.54) is 0 Å². The van der Waals surface area contributed by atoms with Gasteiger partial charge in [0.2, 0.25) is 5.91 Å². The Labute approximate surface area is 134 Å². The second kappa shape index (κ2) is 11.4. The number of aliphatic hydroxyl groups is 1. The Morgan fingerprint density at radius 3 is 2.45 bits per heavy atom. The zero-order chi connectivity index (χ0) is 17.0. The van der Waals surface area contributed by atoms with Crippen molar-refractivity contribution in [1.29, 1.82) is 0 Å². The maximum absolute atomic E-state index is 11.4. The first-order chi connectivity index (χ1) is 10.3. The zero-order valence-corrected chi connectivity index (χ0v) is 14.4. The number of ether oxygens (including phenoxy) is 1. The third-order valence-corrected chi connectivity index (χ3v) is 3.19. The molecule has 0 aliphatic heterocycles. The number of hydrogen-bond donors (Lipinski definition) is 3. The van der Waals surface area contributed by atoms with Crippen LogP contribution in [-0.2, 0) is 14.3 Å². The van der Waals surface area contributed by atoms with E-state index in [2.05, 4.69) is 10.6 Å². The van der Waals surface area contributed by atoms with Crippen LogP contribution in [0.1, 0.15) is 59.8 Å². The van der Waals surface area contributed by atoms with E-state index in [4.69, 9.17) is 4.74 Å². The third-order valence-electron chi connectivity index (χ3n) is 3.19. The molecule has 1 unspecified atom stereocenters. The Hall–Kier alpha value is -1.14. The lowest BCUT2D eigenvalue weighted by Crippen LogP contribution is -2.51. The highest BCUT2D eigenvalue weighted by atomic mass is 16.5. The molecule has 0 aliphatic carbocycles. The first-order valence-corrected chi connectivity index (χ1v) is 8.16. The molecule has 1 amide bonds. The lowest BCUT2D eigenvalue weighted by Gasteiger charge is -2.28. The van der Waals surface area contributed by atoms with Crippen molar-refractivity contribution in [3.05, 3.63) is 0 Å². The van der Waals surface area contributed by atoms with Crippen LogP contribution < -0.4 is 10.6 Å². The van der Waals surface area contributed by atoms with Crippen LogP contribution in [0.15, 0.2) is 0 Å². The van der Waals surface area contributed by atoms with Gasteiger partial charge < -0.3 is 20.5 Å². The number of rotatable bonds is 12. The molecule has 0 spiro atoms. The van der Waals surface area contributed by atoms with E-state index in [0.29, 0.717) is 25.9 Å². The van der Waals surface area contributed by atoms with E-state index in [1.807, 2.05) is 27.7 Å². The van der Waals surface area contributed by atoms with Crippen LogP contribution in [0.25, 0.3) is 0 Å². The topological polar surface area (TPSA) is 87.7 Å². The van der Waals surface area contributed by atoms with Crippen LogP contribution in [0, 0.1) is 0 Å². The Morgan fingerprint density at radius 1 is 1.18 bits per heavy atom. The molecule has 0 saturated carbocycles. The lowest BCUT2D eigenvalue weighted by atomic mass is 10.1. The Morgan fingerprint density at radius 2 is 1.86 bits per heavy atom. The summed E-state index contributed by atoms with van der Waals surface area (Å²) in [6, 6.07) is 0. The molecule has 0 aromatic rings. The number of nitrogens with one attached hydrogen (secondary N) is 2. The van der Waals surface area contributed by atoms with Gasteiger partial charge in [0.1, 0.15) is 12.7 Å². The molecule has 6 nitrogen and oxygen atoms in total. The van der Waals surface area contributed by atoms with Crippen LogP contribution in [0.2, 0.25) is 0 Å². The summed E-state index contributed by atoms with van der Waals surface area (Å²) in [5, 5.41) is 15.8. The lowest BCUT2D eigenvalue weighted by molar-refractivity contribution is -0.146. The zero-order valence-electron chi connectivity index (χ0n) is 14.4. The van der Waals surface area contributed by atoms with Gasteiger partial charge in [0, 0.05) is 31.5 Å². The molecule has 0 aromatic carbocycles. The maximum Gasteiger partial charge on any atom is 0.305 e. The normalized spacial score (nSPS) is 12.8. The fourth-order valence-electron chi connectivity index (χ4n) is 1.73. The van der Waals surface area contributed by atoms with Gasteiger partial charge in [-0.2, -0.15) is 0 Å². The molecular formula is C16H32N2O4. The molecule has 1 atom stereocenters. The van der Waals surface area contributed by atoms with Gasteiger partial charge in [0.15, 0.2) is 0 Å². The van der Waals surface area contributed by atoms with Crippen molar-refractivity contribution in [1.82, 2.24) is 10.6 Å². The van der Waals surface area contributed by atoms with Gasteiger partial charge in [0.05, 0.1) is 0 Å². The van der Waals surface area contributed by atoms with Crippen molar-refractivity contribution in [3.63, 3.8) is 0 Å². The van der Waals surface area contributed by atoms with Gasteiger partial charge in [-0.1, -0.05) is 20.3 Å². The first-order valence-electron chi connectivity index (χ1n) is 8.16. The molecule has 0 aliphatic rings. The summed E-state index contributed by atoms with van der Waals surface area (Å²) in [4.78, 5) is 22.8. The van der Waals surface area contributed by atoms with Gasteiger partial charge in [-0.05, 0) is 26.7 Å². The van der Waals surface area contributed by atoms with Crippen LogP contribution >= 0.6 is 0 Å². The molecule has 0 bridgehead atoms.